The second-order valence-corrected chi connectivity index (χ2v) is 5.48. The number of aliphatic hydroxyl groups is 1. The highest BCUT2D eigenvalue weighted by Gasteiger charge is 2.07. The molecule has 0 amide bonds. The van der Waals surface area contributed by atoms with Gasteiger partial charge in [0.1, 0.15) is 0 Å². The van der Waals surface area contributed by atoms with Crippen molar-refractivity contribution in [3.63, 3.8) is 0 Å². The summed E-state index contributed by atoms with van der Waals surface area (Å²) in [5.74, 6) is 0.247. The molecule has 0 aliphatic carbocycles. The summed E-state index contributed by atoms with van der Waals surface area (Å²) in [6.45, 7) is 1.90. The van der Waals surface area contributed by atoms with Crippen LogP contribution in [-0.4, -0.2) is 34.8 Å². The van der Waals surface area contributed by atoms with Crippen LogP contribution in [0.5, 0.6) is 0 Å². The fraction of sp³-hybridized carbons (Fsp3) is 0.625. The van der Waals surface area contributed by atoms with E-state index in [1.807, 2.05) is 0 Å². The lowest BCUT2D eigenvalue weighted by Crippen LogP contribution is -2.14. The van der Waals surface area contributed by atoms with Crippen LogP contribution in [0.3, 0.4) is 0 Å². The van der Waals surface area contributed by atoms with Crippen LogP contribution in [0.15, 0.2) is 12.4 Å². The molecule has 1 N–H and O–H groups in total. The predicted molar refractivity (Wildman–Crippen MR) is 52.5 cm³/mol. The molecular formula is C8H14N2O3S. The van der Waals surface area contributed by atoms with Crippen LogP contribution in [0.25, 0.3) is 0 Å². The Morgan fingerprint density at radius 1 is 1.57 bits per heavy atom. The summed E-state index contributed by atoms with van der Waals surface area (Å²) in [6, 6.07) is 0. The Balaban J connectivity index is 2.54. The van der Waals surface area contributed by atoms with Crippen molar-refractivity contribution in [3.8, 4) is 0 Å². The van der Waals surface area contributed by atoms with Crippen molar-refractivity contribution in [1.82, 2.24) is 9.78 Å². The van der Waals surface area contributed by atoms with Gasteiger partial charge in [-0.15, -0.1) is 0 Å². The van der Waals surface area contributed by atoms with Crippen LogP contribution in [0.2, 0.25) is 0 Å². The summed E-state index contributed by atoms with van der Waals surface area (Å²) < 4.78 is 23.8. The maximum atomic E-state index is 11.2. The van der Waals surface area contributed by atoms with Crippen molar-refractivity contribution in [2.75, 3.05) is 11.5 Å². The predicted octanol–water partition coefficient (Wildman–Crippen LogP) is -0.190. The first-order chi connectivity index (χ1) is 6.57. The summed E-state index contributed by atoms with van der Waals surface area (Å²) in [5, 5.41) is 12.7. The fourth-order valence-electron chi connectivity index (χ4n) is 0.987. The SMILES string of the molecule is CCS(=O)(=O)CCn1cc(CO)cn1. The largest absolute Gasteiger partial charge is 0.392 e. The van der Waals surface area contributed by atoms with Crippen LogP contribution in [-0.2, 0) is 23.0 Å². The minimum absolute atomic E-state index is 0.0689. The van der Waals surface area contributed by atoms with Gasteiger partial charge in [0.15, 0.2) is 9.84 Å². The molecule has 14 heavy (non-hydrogen) atoms. The van der Waals surface area contributed by atoms with Crippen LogP contribution >= 0.6 is 0 Å². The first-order valence-electron chi connectivity index (χ1n) is 4.40. The minimum atomic E-state index is -2.94. The lowest BCUT2D eigenvalue weighted by Gasteiger charge is -2.00. The number of sulfone groups is 1. The van der Waals surface area contributed by atoms with Crippen molar-refractivity contribution in [2.45, 2.75) is 20.1 Å². The highest BCUT2D eigenvalue weighted by molar-refractivity contribution is 7.91. The van der Waals surface area contributed by atoms with E-state index in [1.165, 1.54) is 10.9 Å². The van der Waals surface area contributed by atoms with E-state index in [2.05, 4.69) is 5.10 Å². The van der Waals surface area contributed by atoms with E-state index < -0.39 is 9.84 Å². The third-order valence-electron chi connectivity index (χ3n) is 1.94. The van der Waals surface area contributed by atoms with Gasteiger partial charge in [0.25, 0.3) is 0 Å². The zero-order valence-electron chi connectivity index (χ0n) is 8.05. The molecule has 5 nitrogen and oxygen atoms in total. The Hall–Kier alpha value is -0.880. The van der Waals surface area contributed by atoms with Gasteiger partial charge < -0.3 is 5.11 Å². The fourth-order valence-corrected chi connectivity index (χ4v) is 1.74. The van der Waals surface area contributed by atoms with E-state index in [1.54, 1.807) is 13.1 Å². The number of hydrogen-bond acceptors (Lipinski definition) is 4. The smallest absolute Gasteiger partial charge is 0.151 e. The topological polar surface area (TPSA) is 72.2 Å². The molecule has 0 fully saturated rings. The highest BCUT2D eigenvalue weighted by atomic mass is 32.2. The molecule has 0 aliphatic rings. The van der Waals surface area contributed by atoms with Gasteiger partial charge in [-0.2, -0.15) is 5.10 Å². The number of rotatable bonds is 5. The molecule has 1 aromatic heterocycles. The van der Waals surface area contributed by atoms with E-state index in [0.29, 0.717) is 12.1 Å². The maximum absolute atomic E-state index is 11.2. The molecule has 6 heteroatoms. The molecule has 0 aliphatic heterocycles. The number of aryl methyl sites for hydroxylation is 1. The normalized spacial score (nSPS) is 11.9. The molecule has 1 aromatic rings. The zero-order chi connectivity index (χ0) is 10.6. The Morgan fingerprint density at radius 3 is 2.79 bits per heavy atom. The van der Waals surface area contributed by atoms with E-state index in [4.69, 9.17) is 5.11 Å². The molecule has 0 unspecified atom stereocenters. The monoisotopic (exact) mass is 218 g/mol. The Kier molecular flexibility index (Phi) is 3.65. The molecule has 80 valence electrons. The van der Waals surface area contributed by atoms with Crippen LogP contribution in [0.1, 0.15) is 12.5 Å². The summed E-state index contributed by atoms with van der Waals surface area (Å²) in [6.07, 6.45) is 3.17. The number of aliphatic hydroxyl groups excluding tert-OH is 1. The van der Waals surface area contributed by atoms with Crippen molar-refractivity contribution in [1.29, 1.82) is 0 Å². The zero-order valence-corrected chi connectivity index (χ0v) is 8.87. The summed E-state index contributed by atoms with van der Waals surface area (Å²) in [4.78, 5) is 0. The van der Waals surface area contributed by atoms with E-state index >= 15 is 0 Å². The molecule has 0 saturated carbocycles. The summed E-state index contributed by atoms with van der Waals surface area (Å²) in [7, 11) is -2.94. The Bertz CT molecular complexity index is 383. The third kappa shape index (κ3) is 3.12. The van der Waals surface area contributed by atoms with E-state index in [-0.39, 0.29) is 18.1 Å². The van der Waals surface area contributed by atoms with Gasteiger partial charge in [-0.25, -0.2) is 8.42 Å². The lowest BCUT2D eigenvalue weighted by molar-refractivity contribution is 0.281. The molecular weight excluding hydrogens is 204 g/mol. The van der Waals surface area contributed by atoms with Gasteiger partial charge in [-0.05, 0) is 0 Å². The molecule has 1 rings (SSSR count). The van der Waals surface area contributed by atoms with Gasteiger partial charge in [0, 0.05) is 17.5 Å². The van der Waals surface area contributed by atoms with Crippen molar-refractivity contribution >= 4 is 9.84 Å². The Morgan fingerprint density at radius 2 is 2.29 bits per heavy atom. The van der Waals surface area contributed by atoms with Gasteiger partial charge in [0.05, 0.1) is 25.1 Å². The first-order valence-corrected chi connectivity index (χ1v) is 6.22. The molecule has 1 heterocycles. The molecule has 0 radical (unpaired) electrons. The van der Waals surface area contributed by atoms with Gasteiger partial charge in [-0.3, -0.25) is 4.68 Å². The van der Waals surface area contributed by atoms with Crippen molar-refractivity contribution < 1.29 is 13.5 Å². The Labute approximate surface area is 83.3 Å². The number of aromatic nitrogens is 2. The summed E-state index contributed by atoms with van der Waals surface area (Å²) in [5.41, 5.74) is 0.693. The summed E-state index contributed by atoms with van der Waals surface area (Å²) >= 11 is 0. The van der Waals surface area contributed by atoms with Gasteiger partial charge >= 0.3 is 0 Å². The molecule has 0 saturated heterocycles. The maximum Gasteiger partial charge on any atom is 0.151 e. The average molecular weight is 218 g/mol. The van der Waals surface area contributed by atoms with Crippen molar-refractivity contribution in [2.24, 2.45) is 0 Å². The quantitative estimate of drug-likeness (QED) is 0.743. The van der Waals surface area contributed by atoms with Gasteiger partial charge in [-0.1, -0.05) is 6.92 Å². The molecule has 0 spiro atoms. The minimum Gasteiger partial charge on any atom is -0.392 e. The average Bonchev–Trinajstić information content (AvgIpc) is 2.63. The molecule has 0 atom stereocenters. The second-order valence-electron chi connectivity index (χ2n) is 3.01. The number of hydrogen-bond donors (Lipinski definition) is 1. The lowest BCUT2D eigenvalue weighted by atomic mass is 10.4. The van der Waals surface area contributed by atoms with Crippen molar-refractivity contribution in [3.05, 3.63) is 18.0 Å². The second kappa shape index (κ2) is 4.56. The highest BCUT2D eigenvalue weighted by Crippen LogP contribution is 1.98. The van der Waals surface area contributed by atoms with Gasteiger partial charge in [0.2, 0.25) is 0 Å². The number of nitrogens with zero attached hydrogens (tertiary/aromatic N) is 2. The van der Waals surface area contributed by atoms with Crippen LogP contribution in [0, 0.1) is 0 Å². The first kappa shape index (κ1) is 11.2. The standard InChI is InChI=1S/C8H14N2O3S/c1-2-14(12,13)4-3-10-6-8(7-11)5-9-10/h5-6,11H,2-4,7H2,1H3. The van der Waals surface area contributed by atoms with Crippen LogP contribution in [0.4, 0.5) is 0 Å². The van der Waals surface area contributed by atoms with E-state index in [0.717, 1.165) is 0 Å². The molecule has 0 aromatic carbocycles. The molecule has 0 bridgehead atoms. The third-order valence-corrected chi connectivity index (χ3v) is 3.62. The van der Waals surface area contributed by atoms with E-state index in [9.17, 15) is 8.42 Å². The van der Waals surface area contributed by atoms with Crippen LogP contribution < -0.4 is 0 Å².